The topological polar surface area (TPSA) is 67.4 Å². The summed E-state index contributed by atoms with van der Waals surface area (Å²) in [6.07, 6.45) is -0.780. The molecular weight excluding hydrogens is 391 g/mol. The molecule has 25 heavy (non-hydrogen) atoms. The highest BCUT2D eigenvalue weighted by molar-refractivity contribution is 9.10. The highest BCUT2D eigenvalue weighted by Crippen LogP contribution is 2.27. The van der Waals surface area contributed by atoms with Crippen LogP contribution in [0.25, 0.3) is 0 Å². The monoisotopic (exact) mass is 408 g/mol. The van der Waals surface area contributed by atoms with Crippen LogP contribution in [0.3, 0.4) is 0 Å². The third-order valence-corrected chi connectivity index (χ3v) is 3.99. The molecule has 2 rings (SSSR count). The van der Waals surface area contributed by atoms with E-state index in [1.165, 1.54) is 25.1 Å². The van der Waals surface area contributed by atoms with E-state index in [4.69, 9.17) is 4.74 Å². The lowest BCUT2D eigenvalue weighted by Crippen LogP contribution is -2.30. The molecule has 5 nitrogen and oxygen atoms in total. The number of hydrogen-bond acceptors (Lipinski definition) is 3. The average Bonchev–Trinajstić information content (AvgIpc) is 2.52. The highest BCUT2D eigenvalue weighted by Gasteiger charge is 2.17. The standard InChI is InChI=1S/C18H18BrFN2O3/c1-10-8-14(5-6-16(10)21-12(3)23)22-18(24)11(2)25-17-7-4-13(20)9-15(17)19/h4-9,11H,1-3H3,(H,21,23)(H,22,24). The van der Waals surface area contributed by atoms with Crippen molar-refractivity contribution in [3.05, 3.63) is 52.3 Å². The van der Waals surface area contributed by atoms with E-state index in [0.29, 0.717) is 21.6 Å². The SMILES string of the molecule is CC(=O)Nc1ccc(NC(=O)C(C)Oc2ccc(F)cc2Br)cc1C. The van der Waals surface area contributed by atoms with Crippen LogP contribution in [0.2, 0.25) is 0 Å². The van der Waals surface area contributed by atoms with Gasteiger partial charge in [-0.05, 0) is 71.7 Å². The minimum atomic E-state index is -0.780. The van der Waals surface area contributed by atoms with Gasteiger partial charge in [-0.3, -0.25) is 9.59 Å². The number of aryl methyl sites for hydroxylation is 1. The average molecular weight is 409 g/mol. The van der Waals surface area contributed by atoms with Crippen molar-refractivity contribution in [2.75, 3.05) is 10.6 Å². The zero-order chi connectivity index (χ0) is 18.6. The molecule has 0 spiro atoms. The van der Waals surface area contributed by atoms with Crippen molar-refractivity contribution in [3.8, 4) is 5.75 Å². The largest absolute Gasteiger partial charge is 0.480 e. The fraction of sp³-hybridized carbons (Fsp3) is 0.222. The van der Waals surface area contributed by atoms with Crippen LogP contribution < -0.4 is 15.4 Å². The van der Waals surface area contributed by atoms with Gasteiger partial charge < -0.3 is 15.4 Å². The summed E-state index contributed by atoms with van der Waals surface area (Å²) < 4.78 is 19.1. The summed E-state index contributed by atoms with van der Waals surface area (Å²) in [4.78, 5) is 23.4. The summed E-state index contributed by atoms with van der Waals surface area (Å²) in [5, 5.41) is 5.46. The first kappa shape index (κ1) is 18.9. The lowest BCUT2D eigenvalue weighted by molar-refractivity contribution is -0.122. The summed E-state index contributed by atoms with van der Waals surface area (Å²) in [7, 11) is 0. The first-order valence-corrected chi connectivity index (χ1v) is 8.36. The van der Waals surface area contributed by atoms with Gasteiger partial charge in [0.15, 0.2) is 6.10 Å². The fourth-order valence-corrected chi connectivity index (χ4v) is 2.57. The summed E-state index contributed by atoms with van der Waals surface area (Å²) in [6.45, 7) is 4.86. The van der Waals surface area contributed by atoms with Gasteiger partial charge in [0, 0.05) is 18.3 Å². The number of carbonyl (C=O) groups excluding carboxylic acids is 2. The predicted octanol–water partition coefficient (Wildman–Crippen LogP) is 4.26. The molecule has 0 aliphatic carbocycles. The minimum absolute atomic E-state index is 0.160. The molecular formula is C18H18BrFN2O3. The van der Waals surface area contributed by atoms with Crippen molar-refractivity contribution in [3.63, 3.8) is 0 Å². The quantitative estimate of drug-likeness (QED) is 0.776. The molecule has 0 aliphatic heterocycles. The van der Waals surface area contributed by atoms with E-state index in [0.717, 1.165) is 5.56 Å². The fourth-order valence-electron chi connectivity index (χ4n) is 2.13. The van der Waals surface area contributed by atoms with Crippen molar-refractivity contribution in [1.82, 2.24) is 0 Å². The minimum Gasteiger partial charge on any atom is -0.480 e. The normalized spacial score (nSPS) is 11.6. The van der Waals surface area contributed by atoms with Crippen LogP contribution in [0.1, 0.15) is 19.4 Å². The number of nitrogens with one attached hydrogen (secondary N) is 2. The Labute approximate surface area is 153 Å². The third kappa shape index (κ3) is 5.29. The van der Waals surface area contributed by atoms with Crippen molar-refractivity contribution >= 4 is 39.1 Å². The summed E-state index contributed by atoms with van der Waals surface area (Å²) in [5.74, 6) is -0.526. The zero-order valence-corrected chi connectivity index (χ0v) is 15.6. The number of benzene rings is 2. The molecule has 132 valence electrons. The first-order chi connectivity index (χ1) is 11.8. The van der Waals surface area contributed by atoms with E-state index in [2.05, 4.69) is 26.6 Å². The van der Waals surface area contributed by atoms with Crippen LogP contribution in [0.4, 0.5) is 15.8 Å². The molecule has 0 bridgehead atoms. The van der Waals surface area contributed by atoms with E-state index in [1.807, 2.05) is 6.92 Å². The van der Waals surface area contributed by atoms with E-state index in [1.54, 1.807) is 25.1 Å². The van der Waals surface area contributed by atoms with Gasteiger partial charge in [0.1, 0.15) is 11.6 Å². The molecule has 2 aromatic rings. The predicted molar refractivity (Wildman–Crippen MR) is 98.3 cm³/mol. The summed E-state index contributed by atoms with van der Waals surface area (Å²) >= 11 is 3.20. The Morgan fingerprint density at radius 2 is 1.88 bits per heavy atom. The highest BCUT2D eigenvalue weighted by atomic mass is 79.9. The molecule has 1 unspecified atom stereocenters. The second-order valence-corrected chi connectivity index (χ2v) is 6.39. The third-order valence-electron chi connectivity index (χ3n) is 3.37. The van der Waals surface area contributed by atoms with Crippen LogP contribution in [-0.2, 0) is 9.59 Å². The second kappa shape index (κ2) is 8.11. The van der Waals surface area contributed by atoms with Gasteiger partial charge in [-0.1, -0.05) is 0 Å². The van der Waals surface area contributed by atoms with Gasteiger partial charge >= 0.3 is 0 Å². The molecule has 0 radical (unpaired) electrons. The summed E-state index contributed by atoms with van der Waals surface area (Å²) in [5.41, 5.74) is 2.10. The molecule has 0 aromatic heterocycles. The Morgan fingerprint density at radius 1 is 1.16 bits per heavy atom. The molecule has 0 fully saturated rings. The van der Waals surface area contributed by atoms with E-state index < -0.39 is 11.9 Å². The number of amides is 2. The molecule has 2 N–H and O–H groups in total. The molecule has 0 aliphatic rings. The maximum Gasteiger partial charge on any atom is 0.265 e. The zero-order valence-electron chi connectivity index (χ0n) is 14.0. The number of rotatable bonds is 5. The van der Waals surface area contributed by atoms with Gasteiger partial charge in [0.25, 0.3) is 5.91 Å². The van der Waals surface area contributed by atoms with Crippen molar-refractivity contribution < 1.29 is 18.7 Å². The van der Waals surface area contributed by atoms with E-state index in [9.17, 15) is 14.0 Å². The number of carbonyl (C=O) groups is 2. The maximum absolute atomic E-state index is 13.1. The van der Waals surface area contributed by atoms with Crippen LogP contribution in [0.5, 0.6) is 5.75 Å². The number of ether oxygens (including phenoxy) is 1. The second-order valence-electron chi connectivity index (χ2n) is 5.53. The number of hydrogen-bond donors (Lipinski definition) is 2. The van der Waals surface area contributed by atoms with Crippen molar-refractivity contribution in [2.24, 2.45) is 0 Å². The molecule has 0 saturated heterocycles. The number of anilines is 2. The van der Waals surface area contributed by atoms with E-state index >= 15 is 0 Å². The van der Waals surface area contributed by atoms with Gasteiger partial charge in [0.2, 0.25) is 5.91 Å². The Balaban J connectivity index is 2.03. The first-order valence-electron chi connectivity index (χ1n) is 7.57. The number of halogens is 2. The summed E-state index contributed by atoms with van der Waals surface area (Å²) in [6, 6.07) is 9.14. The lowest BCUT2D eigenvalue weighted by atomic mass is 10.1. The molecule has 2 amide bonds. The van der Waals surface area contributed by atoms with E-state index in [-0.39, 0.29) is 11.8 Å². The lowest BCUT2D eigenvalue weighted by Gasteiger charge is -2.16. The molecule has 1 atom stereocenters. The van der Waals surface area contributed by atoms with Gasteiger partial charge in [-0.15, -0.1) is 0 Å². The van der Waals surface area contributed by atoms with Crippen LogP contribution in [0, 0.1) is 12.7 Å². The molecule has 0 heterocycles. The Hall–Kier alpha value is -2.41. The van der Waals surface area contributed by atoms with Gasteiger partial charge in [0.05, 0.1) is 4.47 Å². The van der Waals surface area contributed by atoms with Gasteiger partial charge in [-0.2, -0.15) is 0 Å². The smallest absolute Gasteiger partial charge is 0.265 e. The molecule has 2 aromatic carbocycles. The van der Waals surface area contributed by atoms with Crippen LogP contribution in [0.15, 0.2) is 40.9 Å². The Bertz CT molecular complexity index is 811. The van der Waals surface area contributed by atoms with Gasteiger partial charge in [-0.25, -0.2) is 4.39 Å². The Kier molecular flexibility index (Phi) is 6.14. The molecule has 7 heteroatoms. The maximum atomic E-state index is 13.1. The molecule has 0 saturated carbocycles. The van der Waals surface area contributed by atoms with Crippen molar-refractivity contribution in [2.45, 2.75) is 26.9 Å². The van der Waals surface area contributed by atoms with Crippen LogP contribution in [-0.4, -0.2) is 17.9 Å². The Morgan fingerprint density at radius 3 is 2.48 bits per heavy atom. The van der Waals surface area contributed by atoms with Crippen LogP contribution >= 0.6 is 15.9 Å². The van der Waals surface area contributed by atoms with Crippen molar-refractivity contribution in [1.29, 1.82) is 0 Å².